The van der Waals surface area contributed by atoms with E-state index < -0.39 is 0 Å². The van der Waals surface area contributed by atoms with E-state index in [1.807, 2.05) is 67.6 Å². The molecule has 4 aromatic rings. The van der Waals surface area contributed by atoms with Gasteiger partial charge in [0.2, 0.25) is 5.91 Å². The lowest BCUT2D eigenvalue weighted by atomic mass is 10.1. The van der Waals surface area contributed by atoms with Crippen molar-refractivity contribution in [3.05, 3.63) is 84.2 Å². The molecule has 0 aliphatic rings. The molecule has 140 valence electrons. The molecule has 1 amide bonds. The minimum absolute atomic E-state index is 0.0946. The zero-order valence-electron chi connectivity index (χ0n) is 15.5. The van der Waals surface area contributed by atoms with Crippen molar-refractivity contribution >= 4 is 22.4 Å². The third kappa shape index (κ3) is 4.17. The highest BCUT2D eigenvalue weighted by atomic mass is 16.5. The molecular formula is C22H20N4O2. The van der Waals surface area contributed by atoms with Gasteiger partial charge in [-0.3, -0.25) is 4.79 Å². The second-order valence-corrected chi connectivity index (χ2v) is 6.57. The van der Waals surface area contributed by atoms with Gasteiger partial charge in [-0.2, -0.15) is 0 Å². The van der Waals surface area contributed by atoms with Crippen LogP contribution in [0.1, 0.15) is 11.3 Å². The van der Waals surface area contributed by atoms with Gasteiger partial charge in [0.25, 0.3) is 0 Å². The van der Waals surface area contributed by atoms with Crippen LogP contribution in [0.4, 0.5) is 5.69 Å². The van der Waals surface area contributed by atoms with Crippen LogP contribution in [0, 0.1) is 6.92 Å². The van der Waals surface area contributed by atoms with Gasteiger partial charge in [0.15, 0.2) is 0 Å². The van der Waals surface area contributed by atoms with E-state index in [9.17, 15) is 4.79 Å². The number of aromatic nitrogens is 3. The summed E-state index contributed by atoms with van der Waals surface area (Å²) in [6.07, 6.45) is 1.72. The van der Waals surface area contributed by atoms with Gasteiger partial charge < -0.3 is 10.1 Å². The van der Waals surface area contributed by atoms with Crippen molar-refractivity contribution in [3.8, 4) is 5.75 Å². The molecule has 0 bridgehead atoms. The molecule has 28 heavy (non-hydrogen) atoms. The first-order valence-corrected chi connectivity index (χ1v) is 9.03. The first-order valence-electron chi connectivity index (χ1n) is 9.03. The van der Waals surface area contributed by atoms with Gasteiger partial charge in [0, 0.05) is 5.69 Å². The number of hydrogen-bond acceptors (Lipinski definition) is 4. The molecule has 0 saturated heterocycles. The molecule has 1 heterocycles. The fraction of sp³-hybridized carbons (Fsp3) is 0.136. The van der Waals surface area contributed by atoms with Crippen LogP contribution < -0.4 is 10.1 Å². The largest absolute Gasteiger partial charge is 0.487 e. The van der Waals surface area contributed by atoms with E-state index in [-0.39, 0.29) is 19.1 Å². The van der Waals surface area contributed by atoms with Crippen LogP contribution in [0.5, 0.6) is 5.75 Å². The Balaban J connectivity index is 1.34. The third-order valence-electron chi connectivity index (χ3n) is 4.42. The quantitative estimate of drug-likeness (QED) is 0.556. The van der Waals surface area contributed by atoms with Crippen molar-refractivity contribution in [2.24, 2.45) is 0 Å². The van der Waals surface area contributed by atoms with Gasteiger partial charge in [0.1, 0.15) is 24.6 Å². The van der Waals surface area contributed by atoms with Crippen molar-refractivity contribution < 1.29 is 9.53 Å². The van der Waals surface area contributed by atoms with Gasteiger partial charge in [-0.25, -0.2) is 4.68 Å². The van der Waals surface area contributed by atoms with Crippen LogP contribution in [0.25, 0.3) is 10.8 Å². The Morgan fingerprint density at radius 2 is 1.82 bits per heavy atom. The SMILES string of the molecule is Cc1ccccc1NC(=O)Cn1cc(COc2ccc3ccccc3c2)nn1. The molecule has 4 rings (SSSR count). The fourth-order valence-electron chi connectivity index (χ4n) is 2.95. The summed E-state index contributed by atoms with van der Waals surface area (Å²) in [5.74, 6) is 0.617. The molecule has 6 nitrogen and oxygen atoms in total. The molecule has 0 aliphatic carbocycles. The number of amides is 1. The first-order chi connectivity index (χ1) is 13.7. The van der Waals surface area contributed by atoms with Gasteiger partial charge in [0.05, 0.1) is 6.20 Å². The van der Waals surface area contributed by atoms with Crippen LogP contribution >= 0.6 is 0 Å². The number of anilines is 1. The van der Waals surface area contributed by atoms with E-state index >= 15 is 0 Å². The molecule has 0 atom stereocenters. The third-order valence-corrected chi connectivity index (χ3v) is 4.42. The summed E-state index contributed by atoms with van der Waals surface area (Å²) in [6.45, 7) is 2.34. The topological polar surface area (TPSA) is 69.0 Å². The lowest BCUT2D eigenvalue weighted by Gasteiger charge is -2.07. The van der Waals surface area contributed by atoms with Gasteiger partial charge in [-0.15, -0.1) is 5.10 Å². The molecule has 0 spiro atoms. The number of nitrogens with one attached hydrogen (secondary N) is 1. The Morgan fingerprint density at radius 3 is 2.68 bits per heavy atom. The minimum atomic E-state index is -0.152. The average Bonchev–Trinajstić information content (AvgIpc) is 3.15. The molecule has 0 radical (unpaired) electrons. The summed E-state index contributed by atoms with van der Waals surface area (Å²) in [5.41, 5.74) is 2.48. The maximum atomic E-state index is 12.2. The monoisotopic (exact) mass is 372 g/mol. The van der Waals surface area contributed by atoms with Crippen LogP contribution in [0.15, 0.2) is 72.9 Å². The summed E-state index contributed by atoms with van der Waals surface area (Å²) in [6, 6.07) is 21.7. The normalized spacial score (nSPS) is 10.8. The maximum Gasteiger partial charge on any atom is 0.246 e. The predicted octanol–water partition coefficient (Wildman–Crippen LogP) is 3.96. The molecule has 0 aliphatic heterocycles. The van der Waals surface area contributed by atoms with E-state index in [2.05, 4.69) is 21.7 Å². The number of nitrogens with zero attached hydrogens (tertiary/aromatic N) is 3. The molecule has 0 saturated carbocycles. The van der Waals surface area contributed by atoms with Gasteiger partial charge in [-0.1, -0.05) is 53.7 Å². The number of para-hydroxylation sites is 1. The summed E-state index contributed by atoms with van der Waals surface area (Å²) < 4.78 is 7.32. The highest BCUT2D eigenvalue weighted by Crippen LogP contribution is 2.21. The average molecular weight is 372 g/mol. The van der Waals surface area contributed by atoms with E-state index in [4.69, 9.17) is 4.74 Å². The second kappa shape index (κ2) is 7.92. The fourth-order valence-corrected chi connectivity index (χ4v) is 2.95. The Morgan fingerprint density at radius 1 is 1.04 bits per heavy atom. The van der Waals surface area contributed by atoms with E-state index in [1.165, 1.54) is 10.1 Å². The number of carbonyl (C=O) groups is 1. The van der Waals surface area contributed by atoms with Crippen molar-refractivity contribution in [1.29, 1.82) is 0 Å². The van der Waals surface area contributed by atoms with Crippen molar-refractivity contribution in [2.45, 2.75) is 20.1 Å². The molecule has 1 aromatic heterocycles. The van der Waals surface area contributed by atoms with Crippen LogP contribution in [-0.2, 0) is 17.9 Å². The number of fused-ring (bicyclic) bond motifs is 1. The summed E-state index contributed by atoms with van der Waals surface area (Å²) in [5, 5.41) is 13.3. The molecular weight excluding hydrogens is 352 g/mol. The molecule has 0 fully saturated rings. The molecule has 3 aromatic carbocycles. The zero-order chi connectivity index (χ0) is 19.3. The summed E-state index contributed by atoms with van der Waals surface area (Å²) in [7, 11) is 0. The predicted molar refractivity (Wildman–Crippen MR) is 108 cm³/mol. The molecule has 1 N–H and O–H groups in total. The Bertz CT molecular complexity index is 1120. The Hall–Kier alpha value is -3.67. The number of aryl methyl sites for hydroxylation is 1. The van der Waals surface area contributed by atoms with Crippen LogP contribution in [0.3, 0.4) is 0 Å². The zero-order valence-corrected chi connectivity index (χ0v) is 15.5. The Labute approximate surface area is 162 Å². The van der Waals surface area contributed by atoms with Crippen molar-refractivity contribution in [3.63, 3.8) is 0 Å². The number of hydrogen-bond donors (Lipinski definition) is 1. The minimum Gasteiger partial charge on any atom is -0.487 e. The van der Waals surface area contributed by atoms with Crippen molar-refractivity contribution in [2.75, 3.05) is 5.32 Å². The number of benzene rings is 3. The number of ether oxygens (including phenoxy) is 1. The second-order valence-electron chi connectivity index (χ2n) is 6.57. The smallest absolute Gasteiger partial charge is 0.246 e. The van der Waals surface area contributed by atoms with Gasteiger partial charge in [-0.05, 0) is 41.5 Å². The maximum absolute atomic E-state index is 12.2. The van der Waals surface area contributed by atoms with Crippen LogP contribution in [0.2, 0.25) is 0 Å². The van der Waals surface area contributed by atoms with E-state index in [1.54, 1.807) is 6.20 Å². The summed E-state index contributed by atoms with van der Waals surface area (Å²) in [4.78, 5) is 12.2. The van der Waals surface area contributed by atoms with Crippen LogP contribution in [-0.4, -0.2) is 20.9 Å². The Kier molecular flexibility index (Phi) is 5.01. The van der Waals surface area contributed by atoms with Gasteiger partial charge >= 0.3 is 0 Å². The van der Waals surface area contributed by atoms with E-state index in [0.717, 1.165) is 22.4 Å². The number of carbonyl (C=O) groups excluding carboxylic acids is 1. The molecule has 0 unspecified atom stereocenters. The lowest BCUT2D eigenvalue weighted by Crippen LogP contribution is -2.19. The summed E-state index contributed by atoms with van der Waals surface area (Å²) >= 11 is 0. The highest BCUT2D eigenvalue weighted by molar-refractivity contribution is 5.91. The standard InChI is InChI=1S/C22H20N4O2/c1-16-6-2-5-9-21(16)23-22(27)14-26-13-19(24-25-26)15-28-20-11-10-17-7-3-4-8-18(17)12-20/h2-13H,14-15H2,1H3,(H,23,27). The lowest BCUT2D eigenvalue weighted by molar-refractivity contribution is -0.116. The molecule has 6 heteroatoms. The highest BCUT2D eigenvalue weighted by Gasteiger charge is 2.08. The van der Waals surface area contributed by atoms with Crippen molar-refractivity contribution in [1.82, 2.24) is 15.0 Å². The number of rotatable bonds is 6. The first kappa shape index (κ1) is 17.7. The van der Waals surface area contributed by atoms with E-state index in [0.29, 0.717) is 5.69 Å².